The number of rotatable bonds is 2. The third kappa shape index (κ3) is 2.02. The quantitative estimate of drug-likeness (QED) is 0.760. The maximum atomic E-state index is 5.84. The van der Waals surface area contributed by atoms with Gasteiger partial charge in [0.05, 0.1) is 17.5 Å². The highest BCUT2D eigenvalue weighted by molar-refractivity contribution is 9.10. The Morgan fingerprint density at radius 3 is 2.89 bits per heavy atom. The maximum absolute atomic E-state index is 5.84. The summed E-state index contributed by atoms with van der Waals surface area (Å²) >= 11 is 4.92. The highest BCUT2D eigenvalue weighted by Crippen LogP contribution is 2.27. The normalized spacial score (nSPS) is 10.7. The summed E-state index contributed by atoms with van der Waals surface area (Å²) in [5.74, 6) is 1.13. The van der Waals surface area contributed by atoms with E-state index >= 15 is 0 Å². The largest absolute Gasteiger partial charge is 0.383 e. The first-order chi connectivity index (χ1) is 8.74. The third-order valence-electron chi connectivity index (χ3n) is 2.38. The minimum absolute atomic E-state index is 0.443. The van der Waals surface area contributed by atoms with Crippen molar-refractivity contribution < 1.29 is 0 Å². The fraction of sp³-hybridized carbons (Fsp3) is 0. The minimum Gasteiger partial charge on any atom is -0.383 e. The van der Waals surface area contributed by atoms with Gasteiger partial charge in [0, 0.05) is 22.2 Å². The summed E-state index contributed by atoms with van der Waals surface area (Å²) in [6, 6.07) is 1.88. The molecule has 0 saturated heterocycles. The van der Waals surface area contributed by atoms with Crippen molar-refractivity contribution in [2.75, 3.05) is 5.73 Å². The van der Waals surface area contributed by atoms with Gasteiger partial charge in [0.2, 0.25) is 0 Å². The van der Waals surface area contributed by atoms with Crippen molar-refractivity contribution in [1.82, 2.24) is 19.9 Å². The van der Waals surface area contributed by atoms with Crippen molar-refractivity contribution in [2.45, 2.75) is 0 Å². The number of aromatic nitrogens is 4. The van der Waals surface area contributed by atoms with E-state index in [9.17, 15) is 0 Å². The van der Waals surface area contributed by atoms with Gasteiger partial charge in [-0.3, -0.25) is 0 Å². The molecule has 0 saturated carbocycles. The van der Waals surface area contributed by atoms with Crippen molar-refractivity contribution in [2.24, 2.45) is 0 Å². The first-order valence-electron chi connectivity index (χ1n) is 5.10. The number of hydrogen-bond acceptors (Lipinski definition) is 5. The van der Waals surface area contributed by atoms with Crippen LogP contribution in [0.2, 0.25) is 0 Å². The van der Waals surface area contributed by atoms with Crippen LogP contribution < -0.4 is 5.73 Å². The molecule has 0 bridgehead atoms. The van der Waals surface area contributed by atoms with Gasteiger partial charge in [-0.1, -0.05) is 0 Å². The van der Waals surface area contributed by atoms with Crippen LogP contribution in [0.5, 0.6) is 0 Å². The SMILES string of the molecule is Nc1ncc(Br)cc1-c1ncc(-c2nccs2)[nH]1. The Labute approximate surface area is 115 Å². The van der Waals surface area contributed by atoms with Crippen LogP contribution in [-0.4, -0.2) is 19.9 Å². The summed E-state index contributed by atoms with van der Waals surface area (Å²) < 4.78 is 0.860. The number of pyridine rings is 1. The molecule has 7 heteroatoms. The number of thiazole rings is 1. The highest BCUT2D eigenvalue weighted by atomic mass is 79.9. The molecule has 3 aromatic heterocycles. The lowest BCUT2D eigenvalue weighted by atomic mass is 10.2. The minimum atomic E-state index is 0.443. The Balaban J connectivity index is 2.05. The number of imidazole rings is 1. The molecule has 90 valence electrons. The number of nitrogens with one attached hydrogen (secondary N) is 1. The van der Waals surface area contributed by atoms with Gasteiger partial charge in [-0.05, 0) is 22.0 Å². The topological polar surface area (TPSA) is 80.5 Å². The standard InChI is InChI=1S/C11H8BrN5S/c12-6-3-7(9(13)15-4-6)10-16-5-8(17-10)11-14-1-2-18-11/h1-5H,(H2,13,15)(H,16,17). The summed E-state index contributed by atoms with van der Waals surface area (Å²) in [5.41, 5.74) is 7.49. The van der Waals surface area contributed by atoms with Gasteiger partial charge in [0.1, 0.15) is 16.6 Å². The smallest absolute Gasteiger partial charge is 0.141 e. The van der Waals surface area contributed by atoms with E-state index < -0.39 is 0 Å². The van der Waals surface area contributed by atoms with E-state index in [2.05, 4.69) is 35.9 Å². The lowest BCUT2D eigenvalue weighted by molar-refractivity contribution is 1.26. The summed E-state index contributed by atoms with van der Waals surface area (Å²) in [6.07, 6.45) is 5.16. The molecule has 18 heavy (non-hydrogen) atoms. The zero-order chi connectivity index (χ0) is 12.5. The molecule has 0 radical (unpaired) electrons. The Hall–Kier alpha value is -1.73. The van der Waals surface area contributed by atoms with Gasteiger partial charge >= 0.3 is 0 Å². The highest BCUT2D eigenvalue weighted by Gasteiger charge is 2.10. The van der Waals surface area contributed by atoms with Crippen molar-refractivity contribution >= 4 is 33.1 Å². The van der Waals surface area contributed by atoms with Gasteiger partial charge in [-0.25, -0.2) is 15.0 Å². The molecule has 0 fully saturated rings. The number of hydrogen-bond donors (Lipinski definition) is 2. The number of nitrogens with two attached hydrogens (primary N) is 1. The molecule has 0 atom stereocenters. The van der Waals surface area contributed by atoms with Gasteiger partial charge in [-0.15, -0.1) is 11.3 Å². The van der Waals surface area contributed by atoms with Gasteiger partial charge < -0.3 is 10.7 Å². The van der Waals surface area contributed by atoms with Crippen LogP contribution in [0, 0.1) is 0 Å². The van der Waals surface area contributed by atoms with Crippen molar-refractivity contribution in [3.8, 4) is 22.1 Å². The first kappa shape index (κ1) is 11.4. The van der Waals surface area contributed by atoms with E-state index in [0.717, 1.165) is 20.7 Å². The molecule has 0 aliphatic carbocycles. The fourth-order valence-corrected chi connectivity index (χ4v) is 2.50. The molecule has 5 nitrogen and oxygen atoms in total. The first-order valence-corrected chi connectivity index (χ1v) is 6.77. The van der Waals surface area contributed by atoms with E-state index in [0.29, 0.717) is 11.6 Å². The van der Waals surface area contributed by atoms with Crippen molar-refractivity contribution in [3.63, 3.8) is 0 Å². The van der Waals surface area contributed by atoms with Crippen LogP contribution in [0.25, 0.3) is 22.1 Å². The Morgan fingerprint density at radius 2 is 2.11 bits per heavy atom. The summed E-state index contributed by atoms with van der Waals surface area (Å²) in [6.45, 7) is 0. The molecule has 3 heterocycles. The second-order valence-corrected chi connectivity index (χ2v) is 5.38. The fourth-order valence-electron chi connectivity index (χ4n) is 1.56. The van der Waals surface area contributed by atoms with Crippen LogP contribution in [-0.2, 0) is 0 Å². The molecule has 0 aliphatic heterocycles. The number of nitrogens with zero attached hydrogens (tertiary/aromatic N) is 3. The van der Waals surface area contributed by atoms with E-state index in [1.54, 1.807) is 29.9 Å². The van der Waals surface area contributed by atoms with Gasteiger partial charge in [0.25, 0.3) is 0 Å². The van der Waals surface area contributed by atoms with Crippen LogP contribution in [0.1, 0.15) is 0 Å². The van der Waals surface area contributed by atoms with E-state index in [4.69, 9.17) is 5.73 Å². The number of H-pyrrole nitrogens is 1. The van der Waals surface area contributed by atoms with Crippen LogP contribution in [0.4, 0.5) is 5.82 Å². The predicted octanol–water partition coefficient (Wildman–Crippen LogP) is 2.94. The lowest BCUT2D eigenvalue weighted by Gasteiger charge is -2.01. The number of aromatic amines is 1. The Kier molecular flexibility index (Phi) is 2.85. The second kappa shape index (κ2) is 4.51. The number of nitrogen functional groups attached to an aromatic ring is 1. The molecule has 3 N–H and O–H groups in total. The molecular weight excluding hydrogens is 314 g/mol. The predicted molar refractivity (Wildman–Crippen MR) is 75.0 cm³/mol. The summed E-state index contributed by atoms with van der Waals surface area (Å²) in [7, 11) is 0. The molecule has 3 aromatic rings. The Morgan fingerprint density at radius 1 is 1.22 bits per heavy atom. The third-order valence-corrected chi connectivity index (χ3v) is 3.62. The molecule has 0 spiro atoms. The molecular formula is C11H8BrN5S. The average Bonchev–Trinajstić information content (AvgIpc) is 3.00. The monoisotopic (exact) mass is 321 g/mol. The number of anilines is 1. The average molecular weight is 322 g/mol. The zero-order valence-electron chi connectivity index (χ0n) is 9.09. The second-order valence-electron chi connectivity index (χ2n) is 3.57. The maximum Gasteiger partial charge on any atom is 0.141 e. The number of halogens is 1. The van der Waals surface area contributed by atoms with Crippen molar-refractivity contribution in [3.05, 3.63) is 34.5 Å². The molecule has 0 aromatic carbocycles. The molecule has 0 aliphatic rings. The lowest BCUT2D eigenvalue weighted by Crippen LogP contribution is -1.94. The molecule has 3 rings (SSSR count). The molecule has 0 unspecified atom stereocenters. The summed E-state index contributed by atoms with van der Waals surface area (Å²) in [4.78, 5) is 15.8. The van der Waals surface area contributed by atoms with Crippen molar-refractivity contribution in [1.29, 1.82) is 0 Å². The molecule has 0 amide bonds. The van der Waals surface area contributed by atoms with E-state index in [-0.39, 0.29) is 0 Å². The van der Waals surface area contributed by atoms with Gasteiger partial charge in [-0.2, -0.15) is 0 Å². The Bertz CT molecular complexity index is 677. The zero-order valence-corrected chi connectivity index (χ0v) is 11.5. The van der Waals surface area contributed by atoms with Crippen LogP contribution >= 0.6 is 27.3 Å². The van der Waals surface area contributed by atoms with Crippen LogP contribution in [0.15, 0.2) is 34.5 Å². The van der Waals surface area contributed by atoms with Crippen LogP contribution in [0.3, 0.4) is 0 Å². The summed E-state index contributed by atoms with van der Waals surface area (Å²) in [5, 5.41) is 2.82. The van der Waals surface area contributed by atoms with Gasteiger partial charge in [0.15, 0.2) is 0 Å². The van der Waals surface area contributed by atoms with E-state index in [1.165, 1.54) is 0 Å². The van der Waals surface area contributed by atoms with E-state index in [1.807, 2.05) is 11.4 Å².